The van der Waals surface area contributed by atoms with Crippen LogP contribution in [0, 0.1) is 5.82 Å². The molecule has 4 rings (SSSR count). The summed E-state index contributed by atoms with van der Waals surface area (Å²) < 4.78 is 33.2. The minimum absolute atomic E-state index is 0.0572. The van der Waals surface area contributed by atoms with Crippen molar-refractivity contribution in [2.75, 3.05) is 24.7 Å². The molecule has 3 aromatic rings. The largest absolute Gasteiger partial charge is 0.368 e. The number of hydrogen-bond donors (Lipinski definition) is 0. The van der Waals surface area contributed by atoms with Crippen LogP contribution < -0.4 is 4.90 Å². The van der Waals surface area contributed by atoms with Crippen molar-refractivity contribution in [1.82, 2.24) is 19.9 Å². The maximum absolute atomic E-state index is 13.9. The standard InChI is InChI=1S/C17H17F2N5O/c18-6-8-24-11-13(9-20-24)16-21-17(25-22-16)12-5-7-23(10-12)15-4-2-1-3-14(15)19/h1-4,9,11-12H,5-8,10H2. The van der Waals surface area contributed by atoms with Gasteiger partial charge in [0.05, 0.1) is 29.9 Å². The lowest BCUT2D eigenvalue weighted by atomic mass is 10.1. The fourth-order valence-corrected chi connectivity index (χ4v) is 3.10. The van der Waals surface area contributed by atoms with E-state index in [2.05, 4.69) is 15.2 Å². The molecule has 6 nitrogen and oxygen atoms in total. The summed E-state index contributed by atoms with van der Waals surface area (Å²) in [5, 5.41) is 8.05. The molecule has 1 aliphatic rings. The van der Waals surface area contributed by atoms with Gasteiger partial charge in [-0.3, -0.25) is 4.68 Å². The molecule has 2 aromatic heterocycles. The third-order valence-electron chi connectivity index (χ3n) is 4.38. The van der Waals surface area contributed by atoms with E-state index in [0.29, 0.717) is 29.5 Å². The zero-order valence-corrected chi connectivity index (χ0v) is 13.5. The molecule has 0 N–H and O–H groups in total. The molecule has 1 aliphatic heterocycles. The van der Waals surface area contributed by atoms with Gasteiger partial charge in [0.15, 0.2) is 0 Å². The van der Waals surface area contributed by atoms with E-state index >= 15 is 0 Å². The molecule has 1 atom stereocenters. The number of aromatic nitrogens is 4. The van der Waals surface area contributed by atoms with Gasteiger partial charge in [0.25, 0.3) is 0 Å². The first-order valence-corrected chi connectivity index (χ1v) is 8.16. The van der Waals surface area contributed by atoms with Crippen molar-refractivity contribution in [2.24, 2.45) is 0 Å². The predicted molar refractivity (Wildman–Crippen MR) is 87.5 cm³/mol. The lowest BCUT2D eigenvalue weighted by molar-refractivity contribution is 0.360. The van der Waals surface area contributed by atoms with Crippen molar-refractivity contribution in [1.29, 1.82) is 0 Å². The van der Waals surface area contributed by atoms with Gasteiger partial charge in [0, 0.05) is 19.3 Å². The normalized spacial score (nSPS) is 17.4. The average Bonchev–Trinajstić information content (AvgIpc) is 3.35. The van der Waals surface area contributed by atoms with Gasteiger partial charge in [-0.05, 0) is 18.6 Å². The van der Waals surface area contributed by atoms with E-state index in [0.717, 1.165) is 13.0 Å². The van der Waals surface area contributed by atoms with Gasteiger partial charge in [-0.1, -0.05) is 17.3 Å². The Labute approximate surface area is 143 Å². The molecule has 0 radical (unpaired) electrons. The summed E-state index contributed by atoms with van der Waals surface area (Å²) in [7, 11) is 0. The van der Waals surface area contributed by atoms with Crippen LogP contribution in [0.2, 0.25) is 0 Å². The van der Waals surface area contributed by atoms with Gasteiger partial charge in [-0.25, -0.2) is 8.78 Å². The fraction of sp³-hybridized carbons (Fsp3) is 0.353. The number of rotatable bonds is 5. The van der Waals surface area contributed by atoms with Gasteiger partial charge in [-0.2, -0.15) is 10.1 Å². The SMILES string of the molecule is FCCn1cc(-c2noc(C3CCN(c4ccccc4F)C3)n2)cn1. The summed E-state index contributed by atoms with van der Waals surface area (Å²) in [4.78, 5) is 6.43. The quantitative estimate of drug-likeness (QED) is 0.711. The molecular formula is C17H17F2N5O. The van der Waals surface area contributed by atoms with Crippen LogP contribution in [0.4, 0.5) is 14.5 Å². The minimum Gasteiger partial charge on any atom is -0.368 e. The van der Waals surface area contributed by atoms with Crippen LogP contribution in [0.25, 0.3) is 11.4 Å². The lowest BCUT2D eigenvalue weighted by Gasteiger charge is -2.18. The Kier molecular flexibility index (Phi) is 4.17. The first-order valence-electron chi connectivity index (χ1n) is 8.16. The van der Waals surface area contributed by atoms with Crippen molar-refractivity contribution in [3.05, 3.63) is 48.4 Å². The minimum atomic E-state index is -0.480. The van der Waals surface area contributed by atoms with E-state index in [1.165, 1.54) is 10.7 Å². The number of alkyl halides is 1. The molecule has 1 unspecified atom stereocenters. The van der Waals surface area contributed by atoms with Crippen LogP contribution >= 0.6 is 0 Å². The molecule has 1 aromatic carbocycles. The maximum Gasteiger partial charge on any atom is 0.231 e. The molecule has 130 valence electrons. The van der Waals surface area contributed by atoms with Crippen LogP contribution in [0.3, 0.4) is 0 Å². The van der Waals surface area contributed by atoms with Gasteiger partial charge in [0.1, 0.15) is 12.5 Å². The van der Waals surface area contributed by atoms with E-state index in [1.54, 1.807) is 24.5 Å². The second-order valence-electron chi connectivity index (χ2n) is 6.02. The number of anilines is 1. The second kappa shape index (κ2) is 6.62. The van der Waals surface area contributed by atoms with Gasteiger partial charge < -0.3 is 9.42 Å². The molecule has 0 amide bonds. The highest BCUT2D eigenvalue weighted by molar-refractivity contribution is 5.52. The van der Waals surface area contributed by atoms with Crippen LogP contribution in [0.5, 0.6) is 0 Å². The Morgan fingerprint density at radius 2 is 2.16 bits per heavy atom. The molecule has 0 spiro atoms. The Balaban J connectivity index is 1.48. The Morgan fingerprint density at radius 1 is 1.28 bits per heavy atom. The van der Waals surface area contributed by atoms with Gasteiger partial charge in [-0.15, -0.1) is 0 Å². The lowest BCUT2D eigenvalue weighted by Crippen LogP contribution is -2.20. The first kappa shape index (κ1) is 15.7. The molecule has 0 aliphatic carbocycles. The Bertz CT molecular complexity index is 862. The maximum atomic E-state index is 13.9. The third-order valence-corrected chi connectivity index (χ3v) is 4.38. The summed E-state index contributed by atoms with van der Waals surface area (Å²) in [6.45, 7) is 1.08. The van der Waals surface area contributed by atoms with Crippen molar-refractivity contribution >= 4 is 5.69 Å². The monoisotopic (exact) mass is 345 g/mol. The van der Waals surface area contributed by atoms with E-state index in [-0.39, 0.29) is 18.3 Å². The fourth-order valence-electron chi connectivity index (χ4n) is 3.10. The number of benzene rings is 1. The van der Waals surface area contributed by atoms with Gasteiger partial charge in [0.2, 0.25) is 11.7 Å². The van der Waals surface area contributed by atoms with Crippen molar-refractivity contribution < 1.29 is 13.3 Å². The summed E-state index contributed by atoms with van der Waals surface area (Å²) in [5.41, 5.74) is 1.28. The number of para-hydroxylation sites is 1. The predicted octanol–water partition coefficient (Wildman–Crippen LogP) is 3.04. The molecule has 1 saturated heterocycles. The molecule has 8 heteroatoms. The van der Waals surface area contributed by atoms with E-state index in [1.807, 2.05) is 11.0 Å². The molecule has 1 fully saturated rings. The summed E-state index contributed by atoms with van der Waals surface area (Å²) >= 11 is 0. The van der Waals surface area contributed by atoms with Crippen LogP contribution in [0.1, 0.15) is 18.2 Å². The third kappa shape index (κ3) is 3.11. The number of aryl methyl sites for hydroxylation is 1. The summed E-state index contributed by atoms with van der Waals surface area (Å²) in [5.74, 6) is 0.799. The molecule has 25 heavy (non-hydrogen) atoms. The first-order chi connectivity index (χ1) is 12.2. The van der Waals surface area contributed by atoms with Gasteiger partial charge >= 0.3 is 0 Å². The van der Waals surface area contributed by atoms with E-state index in [4.69, 9.17) is 4.52 Å². The van der Waals surface area contributed by atoms with Crippen molar-refractivity contribution in [2.45, 2.75) is 18.9 Å². The number of halogens is 2. The Hall–Kier alpha value is -2.77. The highest BCUT2D eigenvalue weighted by Crippen LogP contribution is 2.32. The number of nitrogens with zero attached hydrogens (tertiary/aromatic N) is 5. The number of hydrogen-bond acceptors (Lipinski definition) is 5. The highest BCUT2D eigenvalue weighted by atomic mass is 19.1. The zero-order valence-electron chi connectivity index (χ0n) is 13.5. The zero-order chi connectivity index (χ0) is 17.2. The van der Waals surface area contributed by atoms with Crippen LogP contribution in [-0.2, 0) is 6.54 Å². The topological polar surface area (TPSA) is 60.0 Å². The smallest absolute Gasteiger partial charge is 0.231 e. The van der Waals surface area contributed by atoms with Crippen LogP contribution in [0.15, 0.2) is 41.2 Å². The molecular weight excluding hydrogens is 328 g/mol. The second-order valence-corrected chi connectivity index (χ2v) is 6.02. The van der Waals surface area contributed by atoms with Crippen molar-refractivity contribution in [3.63, 3.8) is 0 Å². The molecule has 3 heterocycles. The summed E-state index contributed by atoms with van der Waals surface area (Å²) in [6, 6.07) is 6.74. The Morgan fingerprint density at radius 3 is 3.00 bits per heavy atom. The summed E-state index contributed by atoms with van der Waals surface area (Å²) in [6.07, 6.45) is 4.09. The van der Waals surface area contributed by atoms with E-state index < -0.39 is 6.67 Å². The average molecular weight is 345 g/mol. The van der Waals surface area contributed by atoms with Crippen LogP contribution in [-0.4, -0.2) is 39.7 Å². The highest BCUT2D eigenvalue weighted by Gasteiger charge is 2.30. The van der Waals surface area contributed by atoms with E-state index in [9.17, 15) is 8.78 Å². The van der Waals surface area contributed by atoms with Crippen molar-refractivity contribution in [3.8, 4) is 11.4 Å². The molecule has 0 bridgehead atoms. The molecule has 0 saturated carbocycles.